The molecule has 0 N–H and O–H groups in total. The van der Waals surface area contributed by atoms with Crippen LogP contribution in [-0.4, -0.2) is 11.9 Å². The van der Waals surface area contributed by atoms with Gasteiger partial charge in [0, 0.05) is 0 Å². The minimum atomic E-state index is -0.0378. The van der Waals surface area contributed by atoms with Crippen molar-refractivity contribution in [2.75, 3.05) is 6.54 Å². The lowest BCUT2D eigenvalue weighted by Gasteiger charge is -2.03. The second-order valence-corrected chi connectivity index (χ2v) is 3.73. The Bertz CT molecular complexity index is 109. The van der Waals surface area contributed by atoms with E-state index in [1.807, 2.05) is 0 Å². The Kier molecular flexibility index (Phi) is 8.90. The van der Waals surface area contributed by atoms with E-state index < -0.39 is 0 Å². The van der Waals surface area contributed by atoms with Gasteiger partial charge in [0.1, 0.15) is 0 Å². The third-order valence-corrected chi connectivity index (χ3v) is 2.25. The second kappa shape index (κ2) is 8.98. The molecule has 3 heteroatoms. The molecule has 0 heterocycles. The molecule has 0 rings (SSSR count). The average molecular weight is 192 g/mol. The van der Waals surface area contributed by atoms with E-state index >= 15 is 0 Å². The van der Waals surface area contributed by atoms with Crippen molar-refractivity contribution in [1.29, 1.82) is 0 Å². The molecule has 72 valence electrons. The summed E-state index contributed by atoms with van der Waals surface area (Å²) < 4.78 is 0. The summed E-state index contributed by atoms with van der Waals surface area (Å²) in [4.78, 5) is 9.82. The summed E-state index contributed by atoms with van der Waals surface area (Å²) in [6.07, 6.45) is 7.14. The Balaban J connectivity index is 3.02. The van der Waals surface area contributed by atoms with Crippen LogP contribution >= 0.6 is 11.6 Å². The van der Waals surface area contributed by atoms with Gasteiger partial charge in [0.15, 0.2) is 0 Å². The molecule has 1 unspecified atom stereocenters. The van der Waals surface area contributed by atoms with Crippen LogP contribution in [0.1, 0.15) is 45.4 Å². The number of hydrogen-bond donors (Lipinski definition) is 0. The minimum absolute atomic E-state index is 0.0378. The highest BCUT2D eigenvalue weighted by Crippen LogP contribution is 2.11. The van der Waals surface area contributed by atoms with Crippen LogP contribution in [0.25, 0.3) is 0 Å². The molecule has 0 radical (unpaired) electrons. The summed E-state index contributed by atoms with van der Waals surface area (Å²) in [5, 5.41) is 2.73. The molecule has 1 atom stereocenters. The van der Waals surface area contributed by atoms with Crippen LogP contribution in [0.2, 0.25) is 0 Å². The van der Waals surface area contributed by atoms with Crippen molar-refractivity contribution >= 4 is 11.6 Å². The Morgan fingerprint density at radius 3 is 2.50 bits per heavy atom. The van der Waals surface area contributed by atoms with Crippen molar-refractivity contribution in [3.8, 4) is 0 Å². The van der Waals surface area contributed by atoms with Crippen molar-refractivity contribution in [2.45, 2.75) is 50.8 Å². The highest BCUT2D eigenvalue weighted by molar-refractivity contribution is 6.20. The summed E-state index contributed by atoms with van der Waals surface area (Å²) >= 11 is 5.80. The summed E-state index contributed by atoms with van der Waals surface area (Å²) in [5.41, 5.74) is 0. The zero-order valence-corrected chi connectivity index (χ0v) is 8.52. The van der Waals surface area contributed by atoms with Crippen molar-refractivity contribution in [3.63, 3.8) is 0 Å². The SMILES string of the molecule is CCCCCCCC(Cl)CN=O. The number of nitroso groups, excluding NO2 is 1. The maximum absolute atomic E-state index is 9.82. The molecule has 0 saturated heterocycles. The van der Waals surface area contributed by atoms with Crippen molar-refractivity contribution in [1.82, 2.24) is 0 Å². The average Bonchev–Trinajstić information content (AvgIpc) is 2.05. The van der Waals surface area contributed by atoms with Gasteiger partial charge < -0.3 is 0 Å². The first kappa shape index (κ1) is 11.9. The fourth-order valence-corrected chi connectivity index (χ4v) is 1.35. The normalized spacial score (nSPS) is 12.8. The first-order chi connectivity index (χ1) is 5.81. The molecule has 12 heavy (non-hydrogen) atoms. The fraction of sp³-hybridized carbons (Fsp3) is 1.00. The number of hydrogen-bond acceptors (Lipinski definition) is 2. The van der Waals surface area contributed by atoms with Crippen LogP contribution in [-0.2, 0) is 0 Å². The van der Waals surface area contributed by atoms with E-state index in [1.54, 1.807) is 0 Å². The highest BCUT2D eigenvalue weighted by atomic mass is 35.5. The molecule has 0 aromatic rings. The highest BCUT2D eigenvalue weighted by Gasteiger charge is 2.02. The van der Waals surface area contributed by atoms with Gasteiger partial charge in [0.05, 0.1) is 11.9 Å². The summed E-state index contributed by atoms with van der Waals surface area (Å²) in [7, 11) is 0. The zero-order valence-electron chi connectivity index (χ0n) is 7.76. The first-order valence-corrected chi connectivity index (χ1v) is 5.18. The Labute approximate surface area is 79.7 Å². The minimum Gasteiger partial charge on any atom is -0.151 e. The van der Waals surface area contributed by atoms with E-state index in [-0.39, 0.29) is 11.9 Å². The Hall–Kier alpha value is -0.110. The van der Waals surface area contributed by atoms with Crippen LogP contribution in [0.5, 0.6) is 0 Å². The molecule has 0 bridgehead atoms. The molecule has 0 amide bonds. The van der Waals surface area contributed by atoms with Crippen molar-refractivity contribution < 1.29 is 0 Å². The van der Waals surface area contributed by atoms with E-state index in [0.29, 0.717) is 0 Å². The number of alkyl halides is 1. The molecule has 0 aliphatic heterocycles. The van der Waals surface area contributed by atoms with Gasteiger partial charge in [-0.2, -0.15) is 4.91 Å². The zero-order chi connectivity index (χ0) is 9.23. The second-order valence-electron chi connectivity index (χ2n) is 3.11. The summed E-state index contributed by atoms with van der Waals surface area (Å²) in [6.45, 7) is 2.45. The van der Waals surface area contributed by atoms with E-state index in [0.717, 1.165) is 12.8 Å². The van der Waals surface area contributed by atoms with Gasteiger partial charge in [-0.1, -0.05) is 44.2 Å². The molecule has 2 nitrogen and oxygen atoms in total. The molecule has 0 aromatic carbocycles. The molecule has 0 spiro atoms. The summed E-state index contributed by atoms with van der Waals surface area (Å²) in [5.74, 6) is 0. The van der Waals surface area contributed by atoms with Crippen molar-refractivity contribution in [3.05, 3.63) is 4.91 Å². The van der Waals surface area contributed by atoms with Crippen LogP contribution < -0.4 is 0 Å². The van der Waals surface area contributed by atoms with E-state index in [2.05, 4.69) is 12.1 Å². The van der Waals surface area contributed by atoms with E-state index in [9.17, 15) is 4.91 Å². The van der Waals surface area contributed by atoms with Crippen LogP contribution in [0.15, 0.2) is 5.18 Å². The molecule has 0 aliphatic carbocycles. The van der Waals surface area contributed by atoms with Gasteiger partial charge >= 0.3 is 0 Å². The molecular formula is C9H18ClNO. The van der Waals surface area contributed by atoms with Crippen LogP contribution in [0, 0.1) is 4.91 Å². The molecule has 0 aromatic heterocycles. The van der Waals surface area contributed by atoms with Gasteiger partial charge in [0.25, 0.3) is 0 Å². The van der Waals surface area contributed by atoms with Gasteiger partial charge in [-0.3, -0.25) is 0 Å². The van der Waals surface area contributed by atoms with Gasteiger partial charge in [-0.25, -0.2) is 0 Å². The van der Waals surface area contributed by atoms with Gasteiger partial charge in [0.2, 0.25) is 0 Å². The monoisotopic (exact) mass is 191 g/mol. The molecule has 0 saturated carbocycles. The molecular weight excluding hydrogens is 174 g/mol. The third kappa shape index (κ3) is 7.99. The standard InChI is InChI=1S/C9H18ClNO/c1-2-3-4-5-6-7-9(10)8-11-12/h9H,2-8H2,1H3. The topological polar surface area (TPSA) is 29.4 Å². The quantitative estimate of drug-likeness (QED) is 0.327. The number of unbranched alkanes of at least 4 members (excludes halogenated alkanes) is 4. The van der Waals surface area contributed by atoms with Gasteiger partial charge in [-0.15, -0.1) is 11.6 Å². The Morgan fingerprint density at radius 2 is 1.92 bits per heavy atom. The largest absolute Gasteiger partial charge is 0.151 e. The van der Waals surface area contributed by atoms with Crippen LogP contribution in [0.4, 0.5) is 0 Å². The first-order valence-electron chi connectivity index (χ1n) is 4.74. The lowest BCUT2D eigenvalue weighted by molar-refractivity contribution is 0.596. The maximum Gasteiger partial charge on any atom is 0.0974 e. The number of halogens is 1. The predicted octanol–water partition coefficient (Wildman–Crippen LogP) is 3.72. The van der Waals surface area contributed by atoms with Gasteiger partial charge in [-0.05, 0) is 6.42 Å². The molecule has 0 fully saturated rings. The molecule has 0 aliphatic rings. The third-order valence-electron chi connectivity index (χ3n) is 1.89. The lowest BCUT2D eigenvalue weighted by atomic mass is 10.1. The van der Waals surface area contributed by atoms with E-state index in [1.165, 1.54) is 25.7 Å². The fourth-order valence-electron chi connectivity index (χ4n) is 1.14. The van der Waals surface area contributed by atoms with Crippen molar-refractivity contribution in [2.24, 2.45) is 5.18 Å². The summed E-state index contributed by atoms with van der Waals surface area (Å²) in [6, 6.07) is 0. The predicted molar refractivity (Wildman–Crippen MR) is 53.7 cm³/mol. The maximum atomic E-state index is 9.82. The lowest BCUT2D eigenvalue weighted by Crippen LogP contribution is -2.01. The smallest absolute Gasteiger partial charge is 0.0974 e. The number of rotatable bonds is 8. The Morgan fingerprint density at radius 1 is 1.25 bits per heavy atom. The van der Waals surface area contributed by atoms with Crippen LogP contribution in [0.3, 0.4) is 0 Å². The van der Waals surface area contributed by atoms with E-state index in [4.69, 9.17) is 11.6 Å². The number of nitrogens with zero attached hydrogens (tertiary/aromatic N) is 1.